The van der Waals surface area contributed by atoms with Crippen molar-refractivity contribution in [1.82, 2.24) is 4.90 Å². The molecule has 1 heterocycles. The van der Waals surface area contributed by atoms with Crippen molar-refractivity contribution in [2.24, 2.45) is 23.7 Å². The van der Waals surface area contributed by atoms with Crippen LogP contribution < -0.4 is 0 Å². The summed E-state index contributed by atoms with van der Waals surface area (Å²) in [7, 11) is 0. The van der Waals surface area contributed by atoms with Gasteiger partial charge in [-0.3, -0.25) is 0 Å². The Bertz CT molecular complexity index is 805. The molecule has 32 heavy (non-hydrogen) atoms. The molecular formula is C25H35F2NO4. The summed E-state index contributed by atoms with van der Waals surface area (Å²) in [4.78, 5) is 14.0. The molecule has 1 aromatic rings. The van der Waals surface area contributed by atoms with E-state index in [4.69, 9.17) is 9.47 Å². The van der Waals surface area contributed by atoms with Gasteiger partial charge in [0.2, 0.25) is 0 Å². The highest BCUT2D eigenvalue weighted by molar-refractivity contribution is 5.68. The second-order valence-electron chi connectivity index (χ2n) is 10.7. The first-order chi connectivity index (χ1) is 15.1. The number of aliphatic hydroxyl groups excluding tert-OH is 1. The first-order valence-corrected chi connectivity index (χ1v) is 11.8. The molecule has 3 atom stereocenters. The number of aliphatic hydroxyl groups is 1. The summed E-state index contributed by atoms with van der Waals surface area (Å²) in [6, 6.07) is 2.56. The monoisotopic (exact) mass is 451 g/mol. The lowest BCUT2D eigenvalue weighted by atomic mass is 9.91. The second kappa shape index (κ2) is 9.26. The van der Waals surface area contributed by atoms with E-state index in [0.29, 0.717) is 29.9 Å². The molecule has 1 unspecified atom stereocenters. The quantitative estimate of drug-likeness (QED) is 0.618. The molecule has 2 aliphatic carbocycles. The van der Waals surface area contributed by atoms with Crippen molar-refractivity contribution in [3.63, 3.8) is 0 Å². The van der Waals surface area contributed by atoms with Crippen LogP contribution in [0.3, 0.4) is 0 Å². The fourth-order valence-electron chi connectivity index (χ4n) is 4.86. The predicted octanol–water partition coefficient (Wildman–Crippen LogP) is 5.21. The van der Waals surface area contributed by atoms with E-state index in [9.17, 15) is 18.7 Å². The molecule has 0 radical (unpaired) electrons. The van der Waals surface area contributed by atoms with Crippen molar-refractivity contribution in [3.05, 3.63) is 34.9 Å². The number of nitrogens with zero attached hydrogens (tertiary/aromatic N) is 1. The SMILES string of the molecule is CC(C)(C)OC(=O)N1CCC([C@H]2C[C@H]2COCc2cc(F)c(C(O)C3CC3)c(F)c2)CC1. The van der Waals surface area contributed by atoms with Crippen LogP contribution >= 0.6 is 0 Å². The van der Waals surface area contributed by atoms with Crippen LogP contribution in [0, 0.1) is 35.3 Å². The molecule has 4 rings (SSSR count). The molecule has 178 valence electrons. The molecule has 1 aromatic carbocycles. The zero-order chi connectivity index (χ0) is 23.0. The Morgan fingerprint density at radius 2 is 1.78 bits per heavy atom. The Kier molecular flexibility index (Phi) is 6.78. The summed E-state index contributed by atoms with van der Waals surface area (Å²) in [5.74, 6) is 0.247. The number of carbonyl (C=O) groups is 1. The predicted molar refractivity (Wildman–Crippen MR) is 116 cm³/mol. The minimum absolute atomic E-state index is 0.0242. The fourth-order valence-corrected chi connectivity index (χ4v) is 4.86. The number of hydrogen-bond acceptors (Lipinski definition) is 4. The molecule has 2 saturated carbocycles. The van der Waals surface area contributed by atoms with E-state index in [1.54, 1.807) is 4.90 Å². The average molecular weight is 452 g/mol. The number of piperidine rings is 1. The number of amides is 1. The van der Waals surface area contributed by atoms with Crippen molar-refractivity contribution < 1.29 is 28.2 Å². The van der Waals surface area contributed by atoms with E-state index in [2.05, 4.69) is 0 Å². The molecule has 1 aliphatic heterocycles. The highest BCUT2D eigenvalue weighted by Gasteiger charge is 2.44. The minimum atomic E-state index is -1.06. The van der Waals surface area contributed by atoms with Gasteiger partial charge in [-0.25, -0.2) is 13.6 Å². The lowest BCUT2D eigenvalue weighted by Crippen LogP contribution is -2.42. The third kappa shape index (κ3) is 5.79. The summed E-state index contributed by atoms with van der Waals surface area (Å²) in [5.41, 5.74) is -0.235. The van der Waals surface area contributed by atoms with Gasteiger partial charge >= 0.3 is 6.09 Å². The van der Waals surface area contributed by atoms with Crippen molar-refractivity contribution in [2.75, 3.05) is 19.7 Å². The number of carbonyl (C=O) groups excluding carboxylic acids is 1. The topological polar surface area (TPSA) is 59.0 Å². The van der Waals surface area contributed by atoms with Gasteiger partial charge in [0, 0.05) is 13.1 Å². The van der Waals surface area contributed by atoms with Crippen LogP contribution in [0.4, 0.5) is 13.6 Å². The molecule has 1 amide bonds. The smallest absolute Gasteiger partial charge is 0.410 e. The standard InChI is InChI=1S/C25H35F2NO4/c1-25(2,3)32-24(30)28-8-6-16(7-9-28)19-12-18(19)14-31-13-15-10-20(26)22(21(27)11-15)23(29)17-4-5-17/h10-11,16-19,23,29H,4-9,12-14H2,1-3H3/t18-,19+,23?/m0/s1. The zero-order valence-corrected chi connectivity index (χ0v) is 19.3. The van der Waals surface area contributed by atoms with Gasteiger partial charge in [-0.05, 0) is 94.2 Å². The summed E-state index contributed by atoms with van der Waals surface area (Å²) < 4.78 is 39.9. The van der Waals surface area contributed by atoms with Crippen LogP contribution in [0.1, 0.15) is 70.1 Å². The number of likely N-dealkylation sites (tertiary alicyclic amines) is 1. The molecule has 3 aliphatic rings. The highest BCUT2D eigenvalue weighted by Crippen LogP contribution is 2.48. The Hall–Kier alpha value is -1.73. The van der Waals surface area contributed by atoms with Crippen LogP contribution in [0.2, 0.25) is 0 Å². The minimum Gasteiger partial charge on any atom is -0.444 e. The normalized spacial score (nSPS) is 25.0. The van der Waals surface area contributed by atoms with Gasteiger partial charge in [-0.2, -0.15) is 0 Å². The number of halogens is 2. The van der Waals surface area contributed by atoms with Crippen molar-refractivity contribution in [2.45, 2.75) is 71.2 Å². The van der Waals surface area contributed by atoms with E-state index < -0.39 is 23.3 Å². The maximum Gasteiger partial charge on any atom is 0.410 e. The van der Waals surface area contributed by atoms with Gasteiger partial charge in [0.1, 0.15) is 17.2 Å². The summed E-state index contributed by atoms with van der Waals surface area (Å²) in [5, 5.41) is 10.1. The Balaban J connectivity index is 1.18. The molecule has 7 heteroatoms. The van der Waals surface area contributed by atoms with Gasteiger partial charge in [-0.15, -0.1) is 0 Å². The van der Waals surface area contributed by atoms with Gasteiger partial charge in [0.05, 0.1) is 24.9 Å². The maximum atomic E-state index is 14.3. The molecule has 1 N–H and O–H groups in total. The molecular weight excluding hydrogens is 416 g/mol. The van der Waals surface area contributed by atoms with Gasteiger partial charge in [0.25, 0.3) is 0 Å². The van der Waals surface area contributed by atoms with Crippen LogP contribution in [0.5, 0.6) is 0 Å². The lowest BCUT2D eigenvalue weighted by molar-refractivity contribution is 0.0170. The van der Waals surface area contributed by atoms with Crippen LogP contribution in [-0.4, -0.2) is 41.4 Å². The number of benzene rings is 1. The summed E-state index contributed by atoms with van der Waals surface area (Å²) in [6.45, 7) is 7.81. The maximum absolute atomic E-state index is 14.3. The van der Waals surface area contributed by atoms with Gasteiger partial charge in [-0.1, -0.05) is 0 Å². The van der Waals surface area contributed by atoms with Crippen LogP contribution in [0.15, 0.2) is 12.1 Å². The van der Waals surface area contributed by atoms with Gasteiger partial charge < -0.3 is 19.5 Å². The van der Waals surface area contributed by atoms with E-state index in [0.717, 1.165) is 45.2 Å². The molecule has 5 nitrogen and oxygen atoms in total. The molecule has 0 bridgehead atoms. The Morgan fingerprint density at radius 3 is 2.34 bits per heavy atom. The van der Waals surface area contributed by atoms with Crippen LogP contribution in [0.25, 0.3) is 0 Å². The Morgan fingerprint density at radius 1 is 1.16 bits per heavy atom. The third-order valence-electron chi connectivity index (χ3n) is 6.88. The lowest BCUT2D eigenvalue weighted by Gasteiger charge is -2.33. The second-order valence-corrected chi connectivity index (χ2v) is 10.7. The molecule has 3 fully saturated rings. The fraction of sp³-hybridized carbons (Fsp3) is 0.720. The Labute approximate surface area is 189 Å². The van der Waals surface area contributed by atoms with E-state index in [1.807, 2.05) is 20.8 Å². The summed E-state index contributed by atoms with van der Waals surface area (Å²) >= 11 is 0. The van der Waals surface area contributed by atoms with Crippen molar-refractivity contribution in [3.8, 4) is 0 Å². The van der Waals surface area contributed by atoms with E-state index >= 15 is 0 Å². The highest BCUT2D eigenvalue weighted by atomic mass is 19.1. The molecule has 1 saturated heterocycles. The van der Waals surface area contributed by atoms with E-state index in [-0.39, 0.29) is 24.2 Å². The van der Waals surface area contributed by atoms with E-state index in [1.165, 1.54) is 12.1 Å². The van der Waals surface area contributed by atoms with Crippen molar-refractivity contribution >= 4 is 6.09 Å². The zero-order valence-electron chi connectivity index (χ0n) is 19.3. The number of rotatable bonds is 7. The number of hydrogen-bond donors (Lipinski definition) is 1. The number of ether oxygens (including phenoxy) is 2. The first-order valence-electron chi connectivity index (χ1n) is 11.8. The average Bonchev–Trinajstić information content (AvgIpc) is 3.60. The molecule has 0 spiro atoms. The van der Waals surface area contributed by atoms with Crippen LogP contribution in [-0.2, 0) is 16.1 Å². The first kappa shape index (κ1) is 23.4. The third-order valence-corrected chi connectivity index (χ3v) is 6.88. The molecule has 0 aromatic heterocycles. The summed E-state index contributed by atoms with van der Waals surface area (Å²) in [6.07, 6.45) is 3.39. The largest absolute Gasteiger partial charge is 0.444 e. The van der Waals surface area contributed by atoms with Crippen molar-refractivity contribution in [1.29, 1.82) is 0 Å². The van der Waals surface area contributed by atoms with Gasteiger partial charge in [0.15, 0.2) is 0 Å².